The summed E-state index contributed by atoms with van der Waals surface area (Å²) in [7, 11) is 0. The molecule has 20 heavy (non-hydrogen) atoms. The summed E-state index contributed by atoms with van der Waals surface area (Å²) >= 11 is 0. The van der Waals surface area contributed by atoms with Crippen molar-refractivity contribution < 1.29 is 4.52 Å². The molecule has 1 N–H and O–H groups in total. The summed E-state index contributed by atoms with van der Waals surface area (Å²) in [6.45, 7) is 8.52. The fraction of sp³-hybridized carbons (Fsp3) is 0.500. The molecule has 0 amide bonds. The molecule has 1 fully saturated rings. The van der Waals surface area contributed by atoms with E-state index in [0.717, 1.165) is 31.2 Å². The quantitative estimate of drug-likeness (QED) is 0.928. The number of nitrogens with one attached hydrogen (secondary N) is 1. The van der Waals surface area contributed by atoms with Crippen LogP contribution in [0, 0.1) is 19.8 Å². The first-order valence-electron chi connectivity index (χ1n) is 7.23. The van der Waals surface area contributed by atoms with Gasteiger partial charge in [0.05, 0.1) is 0 Å². The van der Waals surface area contributed by atoms with Crippen LogP contribution in [-0.4, -0.2) is 23.2 Å². The number of nitrogens with zero attached hydrogens (tertiary/aromatic N) is 2. The van der Waals surface area contributed by atoms with Crippen LogP contribution in [0.4, 0.5) is 0 Å². The molecule has 1 aliphatic heterocycles. The standard InChI is InChI=1S/C16H21N3O/c1-10-4-5-13(6-11(10)2)7-15-18-16(20-19-15)12(3)14-8-17-9-14/h4-6,12,14,17H,7-9H2,1-3H3. The minimum absolute atomic E-state index is 0.345. The van der Waals surface area contributed by atoms with E-state index in [4.69, 9.17) is 4.52 Å². The lowest BCUT2D eigenvalue weighted by Crippen LogP contribution is -2.44. The van der Waals surface area contributed by atoms with E-state index in [2.05, 4.69) is 54.4 Å². The molecule has 2 aromatic rings. The maximum absolute atomic E-state index is 5.42. The predicted octanol–water partition coefficient (Wildman–Crippen LogP) is 2.60. The van der Waals surface area contributed by atoms with Crippen molar-refractivity contribution in [1.29, 1.82) is 0 Å². The van der Waals surface area contributed by atoms with E-state index in [9.17, 15) is 0 Å². The fourth-order valence-electron chi connectivity index (χ4n) is 2.49. The molecule has 1 saturated heterocycles. The van der Waals surface area contributed by atoms with E-state index < -0.39 is 0 Å². The third-order valence-electron chi connectivity index (χ3n) is 4.33. The Morgan fingerprint density at radius 2 is 2.10 bits per heavy atom. The zero-order valence-corrected chi connectivity index (χ0v) is 12.3. The Bertz CT molecular complexity index is 602. The lowest BCUT2D eigenvalue weighted by Gasteiger charge is -2.30. The monoisotopic (exact) mass is 271 g/mol. The van der Waals surface area contributed by atoms with E-state index in [-0.39, 0.29) is 0 Å². The van der Waals surface area contributed by atoms with E-state index in [1.807, 2.05) is 0 Å². The van der Waals surface area contributed by atoms with Gasteiger partial charge in [-0.25, -0.2) is 0 Å². The van der Waals surface area contributed by atoms with Gasteiger partial charge in [-0.15, -0.1) is 0 Å². The Labute approximate surface area is 119 Å². The SMILES string of the molecule is Cc1ccc(Cc2noc(C(C)C3CNC3)n2)cc1C. The highest BCUT2D eigenvalue weighted by Gasteiger charge is 2.28. The molecule has 1 aliphatic rings. The van der Waals surface area contributed by atoms with Gasteiger partial charge >= 0.3 is 0 Å². The molecule has 3 rings (SSSR count). The number of aryl methyl sites for hydroxylation is 2. The Hall–Kier alpha value is -1.68. The molecule has 0 saturated carbocycles. The Morgan fingerprint density at radius 3 is 2.75 bits per heavy atom. The summed E-state index contributed by atoms with van der Waals surface area (Å²) in [5.41, 5.74) is 3.85. The summed E-state index contributed by atoms with van der Waals surface area (Å²) in [5.74, 6) is 2.53. The molecule has 0 spiro atoms. The molecule has 2 heterocycles. The third kappa shape index (κ3) is 2.61. The van der Waals surface area contributed by atoms with Crippen molar-refractivity contribution in [2.75, 3.05) is 13.1 Å². The molecule has 1 unspecified atom stereocenters. The highest BCUT2D eigenvalue weighted by Crippen LogP contribution is 2.25. The lowest BCUT2D eigenvalue weighted by atomic mass is 9.89. The zero-order chi connectivity index (χ0) is 14.1. The molecular weight excluding hydrogens is 250 g/mol. The Morgan fingerprint density at radius 1 is 1.30 bits per heavy atom. The summed E-state index contributed by atoms with van der Waals surface area (Å²) in [5, 5.41) is 7.40. The van der Waals surface area contributed by atoms with Crippen molar-refractivity contribution in [3.8, 4) is 0 Å². The Kier molecular flexibility index (Phi) is 3.57. The second-order valence-electron chi connectivity index (χ2n) is 5.85. The van der Waals surface area contributed by atoms with Gasteiger partial charge in [-0.05, 0) is 49.5 Å². The lowest BCUT2D eigenvalue weighted by molar-refractivity contribution is 0.252. The van der Waals surface area contributed by atoms with E-state index >= 15 is 0 Å². The van der Waals surface area contributed by atoms with Gasteiger partial charge in [-0.2, -0.15) is 4.98 Å². The summed E-state index contributed by atoms with van der Waals surface area (Å²) < 4.78 is 5.42. The van der Waals surface area contributed by atoms with E-state index in [1.54, 1.807) is 0 Å². The first-order valence-corrected chi connectivity index (χ1v) is 7.23. The molecule has 4 nitrogen and oxygen atoms in total. The predicted molar refractivity (Wildman–Crippen MR) is 77.8 cm³/mol. The molecule has 0 aliphatic carbocycles. The molecule has 1 aromatic carbocycles. The number of benzene rings is 1. The maximum Gasteiger partial charge on any atom is 0.229 e. The fourth-order valence-corrected chi connectivity index (χ4v) is 2.49. The van der Waals surface area contributed by atoms with Gasteiger partial charge in [-0.3, -0.25) is 0 Å². The van der Waals surface area contributed by atoms with Gasteiger partial charge < -0.3 is 9.84 Å². The summed E-state index contributed by atoms with van der Waals surface area (Å²) in [4.78, 5) is 4.55. The van der Waals surface area contributed by atoms with E-state index in [1.165, 1.54) is 16.7 Å². The van der Waals surface area contributed by atoms with Crippen LogP contribution in [0.3, 0.4) is 0 Å². The summed E-state index contributed by atoms with van der Waals surface area (Å²) in [6, 6.07) is 6.48. The van der Waals surface area contributed by atoms with Gasteiger partial charge in [0.15, 0.2) is 5.82 Å². The molecule has 0 radical (unpaired) electrons. The molecule has 1 aromatic heterocycles. The van der Waals surface area contributed by atoms with Crippen LogP contribution in [0.15, 0.2) is 22.7 Å². The number of hydrogen-bond acceptors (Lipinski definition) is 4. The molecular formula is C16H21N3O. The highest BCUT2D eigenvalue weighted by atomic mass is 16.5. The topological polar surface area (TPSA) is 51.0 Å². The second kappa shape index (κ2) is 5.37. The number of aromatic nitrogens is 2. The first-order chi connectivity index (χ1) is 9.63. The third-order valence-corrected chi connectivity index (χ3v) is 4.33. The van der Waals surface area contributed by atoms with Crippen LogP contribution in [0.25, 0.3) is 0 Å². The average molecular weight is 271 g/mol. The summed E-state index contributed by atoms with van der Waals surface area (Å²) in [6.07, 6.45) is 0.736. The van der Waals surface area contributed by atoms with Crippen LogP contribution in [-0.2, 0) is 6.42 Å². The van der Waals surface area contributed by atoms with Crippen molar-refractivity contribution in [3.05, 3.63) is 46.6 Å². The van der Waals surface area contributed by atoms with Gasteiger partial charge in [0, 0.05) is 12.3 Å². The van der Waals surface area contributed by atoms with Crippen LogP contribution in [0.2, 0.25) is 0 Å². The molecule has 106 valence electrons. The average Bonchev–Trinajstić information content (AvgIpc) is 2.80. The molecule has 0 bridgehead atoms. The molecule has 1 atom stereocenters. The van der Waals surface area contributed by atoms with Crippen molar-refractivity contribution in [2.24, 2.45) is 5.92 Å². The van der Waals surface area contributed by atoms with Crippen LogP contribution >= 0.6 is 0 Å². The second-order valence-corrected chi connectivity index (χ2v) is 5.85. The molecule has 4 heteroatoms. The minimum Gasteiger partial charge on any atom is -0.339 e. The first kappa shape index (κ1) is 13.3. The van der Waals surface area contributed by atoms with Gasteiger partial charge in [0.2, 0.25) is 5.89 Å². The van der Waals surface area contributed by atoms with Crippen molar-refractivity contribution in [2.45, 2.75) is 33.1 Å². The minimum atomic E-state index is 0.345. The van der Waals surface area contributed by atoms with Crippen LogP contribution in [0.5, 0.6) is 0 Å². The largest absolute Gasteiger partial charge is 0.339 e. The van der Waals surface area contributed by atoms with Crippen LogP contribution < -0.4 is 5.32 Å². The normalized spacial score (nSPS) is 16.9. The van der Waals surface area contributed by atoms with E-state index in [0.29, 0.717) is 11.8 Å². The van der Waals surface area contributed by atoms with Crippen molar-refractivity contribution in [1.82, 2.24) is 15.5 Å². The van der Waals surface area contributed by atoms with Crippen molar-refractivity contribution in [3.63, 3.8) is 0 Å². The highest BCUT2D eigenvalue weighted by molar-refractivity contribution is 5.31. The van der Waals surface area contributed by atoms with Crippen molar-refractivity contribution >= 4 is 0 Å². The van der Waals surface area contributed by atoms with Gasteiger partial charge in [0.1, 0.15) is 0 Å². The smallest absolute Gasteiger partial charge is 0.229 e. The number of hydrogen-bond donors (Lipinski definition) is 1. The van der Waals surface area contributed by atoms with Gasteiger partial charge in [0.25, 0.3) is 0 Å². The zero-order valence-electron chi connectivity index (χ0n) is 12.3. The Balaban J connectivity index is 1.71. The van der Waals surface area contributed by atoms with Crippen LogP contribution in [0.1, 0.15) is 41.2 Å². The maximum atomic E-state index is 5.42. The number of rotatable bonds is 4. The van der Waals surface area contributed by atoms with Gasteiger partial charge in [-0.1, -0.05) is 30.3 Å².